The van der Waals surface area contributed by atoms with E-state index in [0.717, 1.165) is 94.2 Å². The number of aromatic nitrogens is 4. The molecule has 0 saturated heterocycles. The van der Waals surface area contributed by atoms with Crippen molar-refractivity contribution in [3.05, 3.63) is 168 Å². The first-order valence-electron chi connectivity index (χ1n) is 20.4. The minimum absolute atomic E-state index is 0.269. The Kier molecular flexibility index (Phi) is 10.0. The number of nitrogens with one attached hydrogen (secondary N) is 2. The van der Waals surface area contributed by atoms with E-state index in [1.807, 2.05) is 0 Å². The fourth-order valence-electron chi connectivity index (χ4n) is 8.88. The van der Waals surface area contributed by atoms with Gasteiger partial charge in [-0.1, -0.05) is 161 Å². The van der Waals surface area contributed by atoms with Crippen molar-refractivity contribution in [2.75, 3.05) is 0 Å². The highest BCUT2D eigenvalue weighted by Gasteiger charge is 2.36. The van der Waals surface area contributed by atoms with Crippen molar-refractivity contribution in [1.29, 1.82) is 0 Å². The van der Waals surface area contributed by atoms with Gasteiger partial charge in [-0.2, -0.15) is 0 Å². The lowest BCUT2D eigenvalue weighted by Gasteiger charge is -2.23. The van der Waals surface area contributed by atoms with Crippen molar-refractivity contribution in [3.8, 4) is 44.5 Å². The smallest absolute Gasteiger partial charge is 0.0737 e. The number of benzene rings is 4. The van der Waals surface area contributed by atoms with Gasteiger partial charge < -0.3 is 9.97 Å². The number of hydrogen-bond donors (Lipinski definition) is 2. The van der Waals surface area contributed by atoms with E-state index in [0.29, 0.717) is 0 Å². The number of hydrogen-bond acceptors (Lipinski definition) is 2. The fourth-order valence-corrected chi connectivity index (χ4v) is 8.88. The van der Waals surface area contributed by atoms with Gasteiger partial charge in [-0.15, -0.1) is 0 Å². The third kappa shape index (κ3) is 6.70. The maximum atomic E-state index is 5.93. The zero-order chi connectivity index (χ0) is 37.8. The molecule has 2 atom stereocenters. The van der Waals surface area contributed by atoms with Gasteiger partial charge in [0, 0.05) is 56.2 Å². The Hall–Kier alpha value is -6.26. The summed E-state index contributed by atoms with van der Waals surface area (Å²) in [7, 11) is 0. The van der Waals surface area contributed by atoms with E-state index >= 15 is 0 Å². The van der Waals surface area contributed by atoms with Crippen LogP contribution in [0, 0.1) is 0 Å². The minimum atomic E-state index is 0.269. The summed E-state index contributed by atoms with van der Waals surface area (Å²) in [6, 6.07) is 52.2. The van der Waals surface area contributed by atoms with E-state index in [2.05, 4.69) is 182 Å². The molecule has 7 aromatic rings. The molecule has 2 aliphatic rings. The summed E-state index contributed by atoms with van der Waals surface area (Å²) in [5, 5.41) is 0. The molecule has 5 heterocycles. The Bertz CT molecular complexity index is 2470. The summed E-state index contributed by atoms with van der Waals surface area (Å²) in [4.78, 5) is 19.3. The molecule has 56 heavy (non-hydrogen) atoms. The molecular formula is C52H48N4. The molecule has 8 bridgehead atoms. The molecule has 0 amide bonds. The van der Waals surface area contributed by atoms with Gasteiger partial charge in [-0.05, 0) is 71.5 Å². The van der Waals surface area contributed by atoms with E-state index in [1.54, 1.807) is 0 Å². The number of aromatic amines is 2. The van der Waals surface area contributed by atoms with Gasteiger partial charge in [0.05, 0.1) is 22.8 Å². The van der Waals surface area contributed by atoms with Gasteiger partial charge in [0.25, 0.3) is 0 Å². The van der Waals surface area contributed by atoms with Gasteiger partial charge in [0.1, 0.15) is 0 Å². The number of fused-ring (bicyclic) bond motifs is 8. The first-order chi connectivity index (χ1) is 27.7. The zero-order valence-electron chi connectivity index (χ0n) is 32.3. The van der Waals surface area contributed by atoms with Crippen LogP contribution in [0.1, 0.15) is 87.0 Å². The van der Waals surface area contributed by atoms with Crippen LogP contribution in [-0.4, -0.2) is 19.9 Å². The van der Waals surface area contributed by atoms with E-state index in [-0.39, 0.29) is 11.8 Å². The molecule has 4 heteroatoms. The molecule has 4 nitrogen and oxygen atoms in total. The minimum Gasteiger partial charge on any atom is -0.354 e. The summed E-state index contributed by atoms with van der Waals surface area (Å²) >= 11 is 0. The SMILES string of the molecule is CCCCC1c2nc(c(-c3ccccc3)c3ccc([nH]3)c(-c3ccccc3)c3nc(c(-c4ccccc4)c4ccc([nH]4)c2-c2ccccc2)C=C3)C1CCCC. The molecule has 9 rings (SSSR count). The third-order valence-electron chi connectivity index (χ3n) is 11.5. The molecule has 0 spiro atoms. The maximum absolute atomic E-state index is 5.93. The average Bonchev–Trinajstić information content (AvgIpc) is 4.08. The van der Waals surface area contributed by atoms with E-state index in [1.165, 1.54) is 33.6 Å². The monoisotopic (exact) mass is 728 g/mol. The summed E-state index contributed by atoms with van der Waals surface area (Å²) in [6.07, 6.45) is 11.1. The van der Waals surface area contributed by atoms with E-state index in [9.17, 15) is 0 Å². The van der Waals surface area contributed by atoms with Crippen molar-refractivity contribution < 1.29 is 0 Å². The second kappa shape index (κ2) is 15.8. The lowest BCUT2D eigenvalue weighted by molar-refractivity contribution is 0.468. The van der Waals surface area contributed by atoms with Crippen LogP contribution < -0.4 is 0 Å². The first kappa shape index (κ1) is 35.4. The number of nitrogens with zero attached hydrogens (tertiary/aromatic N) is 2. The molecule has 2 unspecified atom stereocenters. The quantitative estimate of drug-likeness (QED) is 0.147. The Morgan fingerprint density at radius 3 is 1.05 bits per heavy atom. The molecule has 2 aliphatic heterocycles. The summed E-state index contributed by atoms with van der Waals surface area (Å²) in [6.45, 7) is 4.62. The molecule has 0 fully saturated rings. The molecule has 0 aliphatic carbocycles. The van der Waals surface area contributed by atoms with Crippen molar-refractivity contribution in [2.24, 2.45) is 0 Å². The predicted octanol–water partition coefficient (Wildman–Crippen LogP) is 14.4. The van der Waals surface area contributed by atoms with Crippen molar-refractivity contribution in [2.45, 2.75) is 64.2 Å². The predicted molar refractivity (Wildman–Crippen MR) is 236 cm³/mol. The second-order valence-corrected chi connectivity index (χ2v) is 15.1. The third-order valence-corrected chi connectivity index (χ3v) is 11.5. The summed E-state index contributed by atoms with van der Waals surface area (Å²) in [5.74, 6) is 0.537. The highest BCUT2D eigenvalue weighted by Crippen LogP contribution is 2.50. The lowest BCUT2D eigenvalue weighted by Crippen LogP contribution is -2.08. The van der Waals surface area contributed by atoms with Crippen molar-refractivity contribution in [3.63, 3.8) is 0 Å². The number of unbranched alkanes of at least 4 members (excludes halogenated alkanes) is 2. The van der Waals surface area contributed by atoms with Crippen LogP contribution in [0.3, 0.4) is 0 Å². The maximum Gasteiger partial charge on any atom is 0.0737 e. The summed E-state index contributed by atoms with van der Waals surface area (Å²) < 4.78 is 0. The van der Waals surface area contributed by atoms with Crippen LogP contribution >= 0.6 is 0 Å². The van der Waals surface area contributed by atoms with Gasteiger partial charge in [0.15, 0.2) is 0 Å². The topological polar surface area (TPSA) is 57.4 Å². The Labute approximate surface area is 330 Å². The van der Waals surface area contributed by atoms with E-state index in [4.69, 9.17) is 9.97 Å². The molecule has 2 N–H and O–H groups in total. The Morgan fingerprint density at radius 2 is 0.714 bits per heavy atom. The number of rotatable bonds is 10. The average molecular weight is 729 g/mol. The highest BCUT2D eigenvalue weighted by molar-refractivity contribution is 5.97. The van der Waals surface area contributed by atoms with Gasteiger partial charge in [-0.25, -0.2) is 4.98 Å². The van der Waals surface area contributed by atoms with Crippen molar-refractivity contribution in [1.82, 2.24) is 19.9 Å². The summed E-state index contributed by atoms with van der Waals surface area (Å²) in [5.41, 5.74) is 17.6. The van der Waals surface area contributed by atoms with Gasteiger partial charge >= 0.3 is 0 Å². The van der Waals surface area contributed by atoms with Crippen LogP contribution in [0.15, 0.2) is 146 Å². The number of H-pyrrole nitrogens is 2. The molecule has 4 aromatic carbocycles. The first-order valence-corrected chi connectivity index (χ1v) is 20.4. The molecule has 0 radical (unpaired) electrons. The second-order valence-electron chi connectivity index (χ2n) is 15.1. The van der Waals surface area contributed by atoms with Crippen LogP contribution in [0.5, 0.6) is 0 Å². The molecule has 3 aromatic heterocycles. The van der Waals surface area contributed by atoms with Crippen molar-refractivity contribution >= 4 is 34.2 Å². The molecule has 0 saturated carbocycles. The van der Waals surface area contributed by atoms with Gasteiger partial charge in [-0.3, -0.25) is 4.98 Å². The normalized spacial score (nSPS) is 15.0. The Morgan fingerprint density at radius 1 is 0.393 bits per heavy atom. The van der Waals surface area contributed by atoms with Crippen LogP contribution in [-0.2, 0) is 0 Å². The highest BCUT2D eigenvalue weighted by atomic mass is 14.8. The molecular weight excluding hydrogens is 681 g/mol. The van der Waals surface area contributed by atoms with Crippen LogP contribution in [0.2, 0.25) is 0 Å². The lowest BCUT2D eigenvalue weighted by atomic mass is 9.79. The largest absolute Gasteiger partial charge is 0.354 e. The Balaban J connectivity index is 1.50. The fraction of sp³-hybridized carbons (Fsp3) is 0.192. The van der Waals surface area contributed by atoms with Crippen LogP contribution in [0.25, 0.3) is 78.7 Å². The van der Waals surface area contributed by atoms with E-state index < -0.39 is 0 Å². The molecule has 276 valence electrons. The standard InChI is InChI=1S/C52H48N4/c1-3-5-27-39-40(28-6-4-2)52-50(38-25-17-10-18-26-38)46-34-32-44(55-46)48(36-21-13-8-14-22-36)42-30-29-41(53-42)47(35-19-11-7-12-20-35)43-31-33-45(54-43)49(51(39)56-52)37-23-15-9-16-24-37/h7-26,29-34,39-40,54-55H,3-6,27-28H2,1-2H3. The van der Waals surface area contributed by atoms with Gasteiger partial charge in [0.2, 0.25) is 0 Å². The van der Waals surface area contributed by atoms with Crippen LogP contribution in [0.4, 0.5) is 0 Å². The zero-order valence-corrected chi connectivity index (χ0v) is 32.3.